The van der Waals surface area contributed by atoms with Crippen LogP contribution in [0, 0.1) is 0 Å². The maximum Gasteiger partial charge on any atom is 0.306 e. The zero-order valence-corrected chi connectivity index (χ0v) is 38.6. The number of ether oxygens (including phenoxy) is 2. The molecule has 0 aromatic rings. The summed E-state index contributed by atoms with van der Waals surface area (Å²) in [5.41, 5.74) is 0. The highest BCUT2D eigenvalue weighted by molar-refractivity contribution is 7.45. The molecule has 0 bridgehead atoms. The van der Waals surface area contributed by atoms with Crippen molar-refractivity contribution in [1.82, 2.24) is 0 Å². The zero-order valence-electron chi connectivity index (χ0n) is 37.7. The Morgan fingerprint density at radius 1 is 0.552 bits per heavy atom. The van der Waals surface area contributed by atoms with Crippen LogP contribution in [0.5, 0.6) is 0 Å². The van der Waals surface area contributed by atoms with Crippen LogP contribution in [0.3, 0.4) is 0 Å². The first-order chi connectivity index (χ1) is 28.1. The Kier molecular flexibility index (Phi) is 39.8. The van der Waals surface area contributed by atoms with Gasteiger partial charge in [0, 0.05) is 13.0 Å². The Morgan fingerprint density at radius 3 is 1.52 bits per heavy atom. The van der Waals surface area contributed by atoms with E-state index in [9.17, 15) is 14.3 Å². The van der Waals surface area contributed by atoms with Crippen LogP contribution in [-0.4, -0.2) is 70.7 Å². The molecule has 0 aliphatic heterocycles. The Morgan fingerprint density at radius 2 is 1.00 bits per heavy atom. The Hall–Kier alpha value is -2.32. The van der Waals surface area contributed by atoms with E-state index in [-0.39, 0.29) is 32.2 Å². The number of quaternary nitrogens is 1. The van der Waals surface area contributed by atoms with Crippen molar-refractivity contribution in [2.45, 2.75) is 168 Å². The third kappa shape index (κ3) is 44.8. The van der Waals surface area contributed by atoms with E-state index in [1.165, 1.54) is 44.9 Å². The number of nitrogens with zero attached hydrogens (tertiary/aromatic N) is 1. The van der Waals surface area contributed by atoms with Crippen LogP contribution in [-0.2, 0) is 27.9 Å². The van der Waals surface area contributed by atoms with Gasteiger partial charge < -0.3 is 27.9 Å². The molecule has 0 radical (unpaired) electrons. The first-order valence-electron chi connectivity index (χ1n) is 22.8. The van der Waals surface area contributed by atoms with Crippen molar-refractivity contribution < 1.29 is 37.3 Å². The molecular weight excluding hydrogens is 746 g/mol. The topological polar surface area (TPSA) is 94.1 Å². The van der Waals surface area contributed by atoms with E-state index in [1.54, 1.807) is 0 Å². The van der Waals surface area contributed by atoms with Gasteiger partial charge in [-0.05, 0) is 89.9 Å². The highest BCUT2D eigenvalue weighted by Gasteiger charge is 2.20. The van der Waals surface area contributed by atoms with Gasteiger partial charge in [-0.1, -0.05) is 150 Å². The summed E-state index contributed by atoms with van der Waals surface area (Å²) >= 11 is 0. The minimum Gasteiger partial charge on any atom is -0.756 e. The third-order valence-corrected chi connectivity index (χ3v) is 10.1. The summed E-state index contributed by atoms with van der Waals surface area (Å²) in [5, 5.41) is 0. The summed E-state index contributed by atoms with van der Waals surface area (Å²) in [4.78, 5) is 25.1. The lowest BCUT2D eigenvalue weighted by Crippen LogP contribution is -2.37. The maximum absolute atomic E-state index is 12.7. The molecule has 0 aliphatic carbocycles. The molecule has 2 unspecified atom stereocenters. The summed E-state index contributed by atoms with van der Waals surface area (Å²) in [5.74, 6) is -0.359. The van der Waals surface area contributed by atoms with Gasteiger partial charge in [0.15, 0.2) is 0 Å². The standard InChI is InChI=1S/C49H86NO7P/c1-6-8-10-12-14-16-18-20-22-23-24-25-26-27-28-29-31-33-35-37-39-41-44-54-46-48(47-56-58(52,53)55-45-43-50(3,4)5)57-49(51)42-40-38-36-34-32-30-21-19-17-15-13-11-9-7-2/h8,10,14,16,19-22,24-25,27-28,31,33,48H,6-7,9,11-13,15,17-18,23,26,29-30,32,34-47H2,1-5H3/b10-8-,16-14-,21-19-,22-20-,25-24-,28-27-,33-31-. The number of phosphoric ester groups is 1. The molecule has 334 valence electrons. The van der Waals surface area contributed by atoms with Crippen LogP contribution in [0.15, 0.2) is 85.1 Å². The number of rotatable bonds is 41. The predicted octanol–water partition coefficient (Wildman–Crippen LogP) is 13.0. The van der Waals surface area contributed by atoms with Gasteiger partial charge in [-0.25, -0.2) is 0 Å². The number of hydrogen-bond acceptors (Lipinski definition) is 7. The summed E-state index contributed by atoms with van der Waals surface area (Å²) < 4.78 is 34.6. The zero-order chi connectivity index (χ0) is 42.7. The molecule has 0 fully saturated rings. The van der Waals surface area contributed by atoms with Gasteiger partial charge in [-0.2, -0.15) is 0 Å². The van der Waals surface area contributed by atoms with Crippen LogP contribution in [0.4, 0.5) is 0 Å². The normalized spacial score (nSPS) is 14.5. The van der Waals surface area contributed by atoms with Gasteiger partial charge >= 0.3 is 5.97 Å². The number of carbonyl (C=O) groups excluding carboxylic acids is 1. The molecule has 0 amide bonds. The Balaban J connectivity index is 4.31. The van der Waals surface area contributed by atoms with Gasteiger partial charge in [-0.15, -0.1) is 0 Å². The second-order valence-corrected chi connectivity index (χ2v) is 17.4. The van der Waals surface area contributed by atoms with Gasteiger partial charge in [0.1, 0.15) is 19.3 Å². The summed E-state index contributed by atoms with van der Waals surface area (Å²) in [6, 6.07) is 0. The van der Waals surface area contributed by atoms with Crippen LogP contribution in [0.2, 0.25) is 0 Å². The fourth-order valence-electron chi connectivity index (χ4n) is 5.66. The Labute approximate surface area is 356 Å². The fraction of sp³-hybridized carbons (Fsp3) is 0.694. The molecule has 0 saturated heterocycles. The van der Waals surface area contributed by atoms with Crippen molar-refractivity contribution in [3.05, 3.63) is 85.1 Å². The Bertz CT molecular complexity index is 1200. The molecule has 0 aliphatic rings. The van der Waals surface area contributed by atoms with E-state index in [2.05, 4.69) is 98.9 Å². The molecule has 2 atom stereocenters. The van der Waals surface area contributed by atoms with Crippen molar-refractivity contribution in [1.29, 1.82) is 0 Å². The molecule has 8 nitrogen and oxygen atoms in total. The van der Waals surface area contributed by atoms with E-state index in [1.807, 2.05) is 21.1 Å². The molecule has 58 heavy (non-hydrogen) atoms. The van der Waals surface area contributed by atoms with Crippen molar-refractivity contribution in [3.63, 3.8) is 0 Å². The molecule has 0 aromatic heterocycles. The number of carbonyl (C=O) groups is 1. The van der Waals surface area contributed by atoms with Crippen molar-refractivity contribution in [3.8, 4) is 0 Å². The molecule has 0 saturated carbocycles. The van der Waals surface area contributed by atoms with E-state index >= 15 is 0 Å². The molecule has 0 N–H and O–H groups in total. The van der Waals surface area contributed by atoms with Crippen molar-refractivity contribution >= 4 is 13.8 Å². The van der Waals surface area contributed by atoms with Gasteiger partial charge in [0.2, 0.25) is 0 Å². The van der Waals surface area contributed by atoms with Gasteiger partial charge in [-0.3, -0.25) is 9.36 Å². The summed E-state index contributed by atoms with van der Waals surface area (Å²) in [6.07, 6.45) is 54.6. The number of likely N-dealkylation sites (N-methyl/N-ethyl adjacent to an activating group) is 1. The van der Waals surface area contributed by atoms with Crippen molar-refractivity contribution in [2.24, 2.45) is 0 Å². The second-order valence-electron chi connectivity index (χ2n) is 16.0. The van der Waals surface area contributed by atoms with Crippen molar-refractivity contribution in [2.75, 3.05) is 54.1 Å². The van der Waals surface area contributed by atoms with Crippen LogP contribution >= 0.6 is 7.82 Å². The fourth-order valence-corrected chi connectivity index (χ4v) is 6.39. The first kappa shape index (κ1) is 55.7. The minimum absolute atomic E-state index is 0.0131. The predicted molar refractivity (Wildman–Crippen MR) is 245 cm³/mol. The number of allylic oxidation sites excluding steroid dienone is 14. The molecule has 0 aromatic carbocycles. The highest BCUT2D eigenvalue weighted by Crippen LogP contribution is 2.38. The summed E-state index contributed by atoms with van der Waals surface area (Å²) in [7, 11) is 1.31. The van der Waals surface area contributed by atoms with E-state index in [4.69, 9.17) is 18.5 Å². The lowest BCUT2D eigenvalue weighted by molar-refractivity contribution is -0.870. The van der Waals surface area contributed by atoms with E-state index in [0.717, 1.165) is 96.3 Å². The molecule has 0 spiro atoms. The largest absolute Gasteiger partial charge is 0.756 e. The second kappa shape index (κ2) is 41.4. The van der Waals surface area contributed by atoms with Crippen LogP contribution in [0.1, 0.15) is 162 Å². The lowest BCUT2D eigenvalue weighted by Gasteiger charge is -2.28. The number of unbranched alkanes of at least 4 members (excludes halogenated alkanes) is 13. The SMILES string of the molecule is CC/C=C\C/C=C\C/C=C\C/C=C\C/C=C\C/C=C\CCCCCOCC(COP(=O)([O-])OCC[N+](C)(C)C)OC(=O)CCCCCCC/C=C\CCCCCCC. The lowest BCUT2D eigenvalue weighted by atomic mass is 10.1. The van der Waals surface area contributed by atoms with E-state index in [0.29, 0.717) is 17.6 Å². The summed E-state index contributed by atoms with van der Waals surface area (Å²) in [6.45, 7) is 5.17. The van der Waals surface area contributed by atoms with Crippen LogP contribution < -0.4 is 4.89 Å². The van der Waals surface area contributed by atoms with Crippen LogP contribution in [0.25, 0.3) is 0 Å². The number of phosphoric acid groups is 1. The quantitative estimate of drug-likeness (QED) is 0.0199. The van der Waals surface area contributed by atoms with Gasteiger partial charge in [0.25, 0.3) is 7.82 Å². The molecule has 0 rings (SSSR count). The first-order valence-corrected chi connectivity index (χ1v) is 24.3. The van der Waals surface area contributed by atoms with E-state index < -0.39 is 13.9 Å². The molecule has 0 heterocycles. The minimum atomic E-state index is -4.54. The monoisotopic (exact) mass is 832 g/mol. The highest BCUT2D eigenvalue weighted by atomic mass is 31.2. The third-order valence-electron chi connectivity index (χ3n) is 9.18. The smallest absolute Gasteiger partial charge is 0.306 e. The number of esters is 1. The average Bonchev–Trinajstić information content (AvgIpc) is 3.18. The number of hydrogen-bond donors (Lipinski definition) is 0. The van der Waals surface area contributed by atoms with Gasteiger partial charge in [0.05, 0.1) is 34.4 Å². The average molecular weight is 832 g/mol. The molecular formula is C49H86NO7P. The molecule has 9 heteroatoms. The maximum atomic E-state index is 12.7.